The molecular weight excluding hydrogens is 675 g/mol. The fourth-order valence-corrected chi connectivity index (χ4v) is 8.40. The molecule has 0 N–H and O–H groups in total. The van der Waals surface area contributed by atoms with E-state index in [2.05, 4.69) is 71.3 Å². The van der Waals surface area contributed by atoms with E-state index in [-0.39, 0.29) is 10.6 Å². The van der Waals surface area contributed by atoms with Crippen molar-refractivity contribution in [2.24, 2.45) is 0 Å². The minimum absolute atomic E-state index is 0.0189. The van der Waals surface area contributed by atoms with Gasteiger partial charge in [-0.3, -0.25) is 10.1 Å². The molecule has 53 heavy (non-hydrogen) atoms. The second kappa shape index (κ2) is 12.3. The molecular formula is C45H27N5O2S. The van der Waals surface area contributed by atoms with Crippen LogP contribution in [0.4, 0.5) is 5.69 Å². The van der Waals surface area contributed by atoms with Gasteiger partial charge in [-0.25, -0.2) is 15.0 Å². The van der Waals surface area contributed by atoms with Crippen LogP contribution in [0.3, 0.4) is 0 Å². The molecule has 0 amide bonds. The topological polar surface area (TPSA) is 86.7 Å². The van der Waals surface area contributed by atoms with Crippen LogP contribution in [0.15, 0.2) is 164 Å². The van der Waals surface area contributed by atoms with Gasteiger partial charge in [0.25, 0.3) is 5.69 Å². The van der Waals surface area contributed by atoms with Crippen LogP contribution in [0, 0.1) is 10.1 Å². The highest BCUT2D eigenvalue weighted by Crippen LogP contribution is 2.43. The Morgan fingerprint density at radius 3 is 1.81 bits per heavy atom. The summed E-state index contributed by atoms with van der Waals surface area (Å²) in [6, 6.07) is 54.3. The molecule has 0 spiro atoms. The summed E-state index contributed by atoms with van der Waals surface area (Å²) in [6.07, 6.45) is 0. The monoisotopic (exact) mass is 701 g/mol. The Morgan fingerprint density at radius 2 is 1.09 bits per heavy atom. The molecule has 0 aliphatic heterocycles. The molecule has 0 aliphatic carbocycles. The van der Waals surface area contributed by atoms with Crippen molar-refractivity contribution in [2.75, 3.05) is 0 Å². The lowest BCUT2D eigenvalue weighted by Crippen LogP contribution is -2.02. The van der Waals surface area contributed by atoms with Gasteiger partial charge in [-0.2, -0.15) is 0 Å². The van der Waals surface area contributed by atoms with Crippen molar-refractivity contribution in [1.82, 2.24) is 19.5 Å². The molecule has 0 fully saturated rings. The summed E-state index contributed by atoms with van der Waals surface area (Å²) < 4.78 is 4.76. The summed E-state index contributed by atoms with van der Waals surface area (Å²) in [5.74, 6) is 1.62. The number of hydrogen-bond acceptors (Lipinski definition) is 6. The molecule has 3 heterocycles. The van der Waals surface area contributed by atoms with Crippen molar-refractivity contribution in [1.29, 1.82) is 0 Å². The van der Waals surface area contributed by atoms with Crippen molar-refractivity contribution < 1.29 is 4.92 Å². The largest absolute Gasteiger partial charge is 0.309 e. The summed E-state index contributed by atoms with van der Waals surface area (Å²) in [5, 5.41) is 16.8. The second-order valence-electron chi connectivity index (χ2n) is 12.9. The molecule has 0 saturated carbocycles. The maximum atomic E-state index is 12.1. The zero-order chi connectivity index (χ0) is 35.5. The van der Waals surface area contributed by atoms with E-state index in [1.807, 2.05) is 78.9 Å². The first-order valence-corrected chi connectivity index (χ1v) is 18.0. The Hall–Kier alpha value is -7.03. The van der Waals surface area contributed by atoms with Gasteiger partial charge < -0.3 is 4.57 Å². The quantitative estimate of drug-likeness (QED) is 0.127. The molecule has 3 aromatic heterocycles. The molecule has 0 bridgehead atoms. The second-order valence-corrected chi connectivity index (χ2v) is 14.0. The number of nitro benzene ring substituents is 1. The van der Waals surface area contributed by atoms with E-state index in [0.717, 1.165) is 49.7 Å². The molecule has 7 nitrogen and oxygen atoms in total. The van der Waals surface area contributed by atoms with E-state index in [4.69, 9.17) is 15.0 Å². The fraction of sp³-hybridized carbons (Fsp3) is 0. The zero-order valence-corrected chi connectivity index (χ0v) is 28.9. The Morgan fingerprint density at radius 1 is 0.472 bits per heavy atom. The van der Waals surface area contributed by atoms with Crippen LogP contribution in [0.25, 0.3) is 93.0 Å². The molecule has 250 valence electrons. The number of benzene rings is 7. The number of non-ortho nitro benzene ring substituents is 1. The molecule has 8 heteroatoms. The molecule has 0 atom stereocenters. The number of hydrogen-bond donors (Lipinski definition) is 0. The van der Waals surface area contributed by atoms with Gasteiger partial charge in [0.1, 0.15) is 0 Å². The highest BCUT2D eigenvalue weighted by molar-refractivity contribution is 7.25. The average Bonchev–Trinajstić information content (AvgIpc) is 3.75. The third kappa shape index (κ3) is 5.23. The third-order valence-electron chi connectivity index (χ3n) is 9.73. The lowest BCUT2D eigenvalue weighted by molar-refractivity contribution is -0.384. The minimum atomic E-state index is -0.351. The fourth-order valence-electron chi connectivity index (χ4n) is 7.27. The van der Waals surface area contributed by atoms with Gasteiger partial charge in [0, 0.05) is 65.3 Å². The lowest BCUT2D eigenvalue weighted by atomic mass is 9.99. The van der Waals surface area contributed by atoms with Gasteiger partial charge in [-0.05, 0) is 48.0 Å². The predicted octanol–water partition coefficient (Wildman–Crippen LogP) is 11.9. The molecule has 0 aliphatic rings. The van der Waals surface area contributed by atoms with Gasteiger partial charge >= 0.3 is 0 Å². The zero-order valence-electron chi connectivity index (χ0n) is 28.0. The molecule has 10 rings (SSSR count). The smallest absolute Gasteiger partial charge is 0.270 e. The summed E-state index contributed by atoms with van der Waals surface area (Å²) in [5.41, 5.74) is 7.05. The first-order valence-electron chi connectivity index (χ1n) is 17.2. The van der Waals surface area contributed by atoms with Gasteiger partial charge in [0.2, 0.25) is 0 Å². The number of rotatable bonds is 6. The number of nitro groups is 1. The van der Waals surface area contributed by atoms with Crippen molar-refractivity contribution in [3.8, 4) is 51.0 Å². The van der Waals surface area contributed by atoms with Crippen LogP contribution < -0.4 is 0 Å². The standard InChI is InChI=1S/C45H27N5O2S/c51-50(52)32-17-11-16-30(24-32)35-25-31(45-47-43(28-12-3-1-4-13-28)46-44(48-45)29-14-5-2-6-15-29)22-23-39(35)49-38-20-9-7-18-33(38)36-27-42-37(26-40(36)49)34-19-8-10-21-41(34)53-42/h1-27H. The van der Waals surface area contributed by atoms with Crippen LogP contribution in [-0.2, 0) is 0 Å². The number of nitrogens with zero attached hydrogens (tertiary/aromatic N) is 5. The van der Waals surface area contributed by atoms with Crippen molar-refractivity contribution in [2.45, 2.75) is 0 Å². The summed E-state index contributed by atoms with van der Waals surface area (Å²) in [7, 11) is 0. The average molecular weight is 702 g/mol. The van der Waals surface area contributed by atoms with E-state index in [9.17, 15) is 10.1 Å². The number of fused-ring (bicyclic) bond motifs is 6. The van der Waals surface area contributed by atoms with Crippen LogP contribution in [-0.4, -0.2) is 24.4 Å². The first-order chi connectivity index (χ1) is 26.1. The van der Waals surface area contributed by atoms with Crippen LogP contribution in [0.2, 0.25) is 0 Å². The lowest BCUT2D eigenvalue weighted by Gasteiger charge is -2.16. The van der Waals surface area contributed by atoms with Gasteiger partial charge in [-0.15, -0.1) is 11.3 Å². The Balaban J connectivity index is 1.26. The number of thiophene rings is 1. The minimum Gasteiger partial charge on any atom is -0.309 e. The van der Waals surface area contributed by atoms with Crippen molar-refractivity contribution >= 4 is 59.0 Å². The number of para-hydroxylation sites is 1. The molecule has 0 saturated heterocycles. The van der Waals surface area contributed by atoms with E-state index < -0.39 is 0 Å². The predicted molar refractivity (Wildman–Crippen MR) is 215 cm³/mol. The summed E-state index contributed by atoms with van der Waals surface area (Å²) >= 11 is 1.80. The highest BCUT2D eigenvalue weighted by Gasteiger charge is 2.21. The van der Waals surface area contributed by atoms with Gasteiger partial charge in [-0.1, -0.05) is 109 Å². The Kier molecular flexibility index (Phi) is 7.16. The Bertz CT molecular complexity index is 2990. The normalized spacial score (nSPS) is 11.5. The van der Waals surface area contributed by atoms with Crippen LogP contribution in [0.1, 0.15) is 0 Å². The molecule has 0 unspecified atom stereocenters. The van der Waals surface area contributed by atoms with Crippen molar-refractivity contribution in [3.05, 3.63) is 174 Å². The maximum absolute atomic E-state index is 12.1. The van der Waals surface area contributed by atoms with E-state index in [1.165, 1.54) is 26.2 Å². The van der Waals surface area contributed by atoms with Gasteiger partial charge in [0.15, 0.2) is 17.5 Å². The maximum Gasteiger partial charge on any atom is 0.270 e. The molecule has 7 aromatic carbocycles. The van der Waals surface area contributed by atoms with Crippen LogP contribution >= 0.6 is 11.3 Å². The van der Waals surface area contributed by atoms with E-state index >= 15 is 0 Å². The highest BCUT2D eigenvalue weighted by atomic mass is 32.1. The number of aromatic nitrogens is 4. The van der Waals surface area contributed by atoms with Crippen molar-refractivity contribution in [3.63, 3.8) is 0 Å². The summed E-state index contributed by atoms with van der Waals surface area (Å²) in [4.78, 5) is 26.6. The Labute approximate surface area is 307 Å². The molecule has 10 aromatic rings. The van der Waals surface area contributed by atoms with E-state index in [1.54, 1.807) is 23.5 Å². The van der Waals surface area contributed by atoms with E-state index in [0.29, 0.717) is 23.0 Å². The first kappa shape index (κ1) is 30.8. The molecule has 0 radical (unpaired) electrons. The summed E-state index contributed by atoms with van der Waals surface area (Å²) in [6.45, 7) is 0. The SMILES string of the molecule is O=[N+]([O-])c1cccc(-c2cc(-c3nc(-c4ccccc4)nc(-c4ccccc4)n3)ccc2-n2c3ccccc3c3cc4sc5ccccc5c4cc32)c1. The third-order valence-corrected chi connectivity index (χ3v) is 10.9. The van der Waals surface area contributed by atoms with Crippen LogP contribution in [0.5, 0.6) is 0 Å². The van der Waals surface area contributed by atoms with Gasteiger partial charge in [0.05, 0.1) is 21.6 Å².